The summed E-state index contributed by atoms with van der Waals surface area (Å²) in [6, 6.07) is 8.02. The van der Waals surface area contributed by atoms with Crippen molar-refractivity contribution in [3.8, 4) is 0 Å². The van der Waals surface area contributed by atoms with Crippen LogP contribution in [0.25, 0.3) is 10.9 Å². The van der Waals surface area contributed by atoms with Crippen molar-refractivity contribution in [2.45, 2.75) is 12.8 Å². The summed E-state index contributed by atoms with van der Waals surface area (Å²) in [4.78, 5) is 25.6. The van der Waals surface area contributed by atoms with Gasteiger partial charge in [0.05, 0.1) is 11.8 Å². The molecule has 1 heterocycles. The number of hydrogen-bond donors (Lipinski definition) is 3. The van der Waals surface area contributed by atoms with Crippen LogP contribution in [0.15, 0.2) is 30.5 Å². The summed E-state index contributed by atoms with van der Waals surface area (Å²) in [6.45, 7) is 0.531. The van der Waals surface area contributed by atoms with Gasteiger partial charge in [0, 0.05) is 23.6 Å². The SMILES string of the molecule is O=C(O)C1CC1C(=O)NCCc1c[nH]c2ccccc12. The number of carboxylic acid groups (broad SMARTS) is 1. The Morgan fingerprint density at radius 2 is 2.10 bits per heavy atom. The number of H-pyrrole nitrogens is 1. The van der Waals surface area contributed by atoms with E-state index in [-0.39, 0.29) is 11.8 Å². The molecule has 1 saturated carbocycles. The van der Waals surface area contributed by atoms with Crippen molar-refractivity contribution in [1.29, 1.82) is 0 Å². The van der Waals surface area contributed by atoms with Gasteiger partial charge < -0.3 is 15.4 Å². The van der Waals surface area contributed by atoms with Gasteiger partial charge in [-0.05, 0) is 24.5 Å². The average molecular weight is 272 g/mol. The highest BCUT2D eigenvalue weighted by molar-refractivity contribution is 5.89. The number of fused-ring (bicyclic) bond motifs is 1. The molecule has 1 fully saturated rings. The van der Waals surface area contributed by atoms with Gasteiger partial charge in [0.2, 0.25) is 5.91 Å². The van der Waals surface area contributed by atoms with Crippen LogP contribution < -0.4 is 5.32 Å². The number of para-hydroxylation sites is 1. The third-order valence-electron chi connectivity index (χ3n) is 3.81. The van der Waals surface area contributed by atoms with Gasteiger partial charge >= 0.3 is 5.97 Å². The van der Waals surface area contributed by atoms with E-state index in [0.717, 1.165) is 22.9 Å². The molecule has 5 heteroatoms. The van der Waals surface area contributed by atoms with Crippen LogP contribution in [0, 0.1) is 11.8 Å². The zero-order valence-electron chi connectivity index (χ0n) is 10.9. The van der Waals surface area contributed by atoms with Gasteiger partial charge in [0.1, 0.15) is 0 Å². The Hall–Kier alpha value is -2.30. The molecule has 2 unspecified atom stereocenters. The van der Waals surface area contributed by atoms with E-state index in [1.165, 1.54) is 0 Å². The Labute approximate surface area is 116 Å². The maximum absolute atomic E-state index is 11.7. The van der Waals surface area contributed by atoms with Crippen LogP contribution in [-0.4, -0.2) is 28.5 Å². The number of carbonyl (C=O) groups excluding carboxylic acids is 1. The molecule has 0 spiro atoms. The minimum absolute atomic E-state index is 0.141. The number of amides is 1. The molecule has 0 saturated heterocycles. The zero-order chi connectivity index (χ0) is 14.1. The van der Waals surface area contributed by atoms with E-state index in [2.05, 4.69) is 10.3 Å². The number of rotatable bonds is 5. The fourth-order valence-corrected chi connectivity index (χ4v) is 2.55. The summed E-state index contributed by atoms with van der Waals surface area (Å²) in [6.07, 6.45) is 3.16. The normalized spacial score (nSPS) is 20.8. The molecule has 1 aromatic carbocycles. The molecule has 2 atom stereocenters. The molecule has 1 aromatic heterocycles. The predicted molar refractivity (Wildman–Crippen MR) is 74.2 cm³/mol. The first-order valence-electron chi connectivity index (χ1n) is 6.72. The number of benzene rings is 1. The van der Waals surface area contributed by atoms with Crippen LogP contribution in [0.4, 0.5) is 0 Å². The maximum Gasteiger partial charge on any atom is 0.307 e. The lowest BCUT2D eigenvalue weighted by Gasteiger charge is -2.03. The van der Waals surface area contributed by atoms with Gasteiger partial charge in [0.15, 0.2) is 0 Å². The highest BCUT2D eigenvalue weighted by atomic mass is 16.4. The van der Waals surface area contributed by atoms with E-state index in [1.807, 2.05) is 30.5 Å². The van der Waals surface area contributed by atoms with E-state index in [0.29, 0.717) is 13.0 Å². The standard InChI is InChI=1S/C15H16N2O3/c18-14(11-7-12(11)15(19)20)16-6-5-9-8-17-13-4-2-1-3-10(9)13/h1-4,8,11-12,17H,5-7H2,(H,16,18)(H,19,20). The van der Waals surface area contributed by atoms with Crippen molar-refractivity contribution in [1.82, 2.24) is 10.3 Å². The van der Waals surface area contributed by atoms with Crippen LogP contribution in [0.5, 0.6) is 0 Å². The Kier molecular flexibility index (Phi) is 3.18. The van der Waals surface area contributed by atoms with Crippen molar-refractivity contribution in [3.05, 3.63) is 36.0 Å². The monoisotopic (exact) mass is 272 g/mol. The number of nitrogens with one attached hydrogen (secondary N) is 2. The van der Waals surface area contributed by atoms with Gasteiger partial charge in [-0.3, -0.25) is 9.59 Å². The molecule has 0 radical (unpaired) electrons. The van der Waals surface area contributed by atoms with Crippen LogP contribution in [0.2, 0.25) is 0 Å². The third-order valence-corrected chi connectivity index (χ3v) is 3.81. The fraction of sp³-hybridized carbons (Fsp3) is 0.333. The number of hydrogen-bond acceptors (Lipinski definition) is 2. The van der Waals surface area contributed by atoms with E-state index < -0.39 is 11.9 Å². The number of aromatic nitrogens is 1. The fourth-order valence-electron chi connectivity index (χ4n) is 2.55. The smallest absolute Gasteiger partial charge is 0.307 e. The molecule has 2 aromatic rings. The van der Waals surface area contributed by atoms with E-state index in [1.54, 1.807) is 0 Å². The molecular formula is C15H16N2O3. The van der Waals surface area contributed by atoms with Gasteiger partial charge in [0.25, 0.3) is 0 Å². The van der Waals surface area contributed by atoms with Crippen molar-refractivity contribution < 1.29 is 14.7 Å². The molecule has 104 valence electrons. The first kappa shape index (κ1) is 12.7. The molecule has 0 aliphatic heterocycles. The van der Waals surface area contributed by atoms with Crippen molar-refractivity contribution in [2.75, 3.05) is 6.54 Å². The lowest BCUT2D eigenvalue weighted by Crippen LogP contribution is -2.28. The lowest BCUT2D eigenvalue weighted by molar-refractivity contribution is -0.140. The summed E-state index contributed by atoms with van der Waals surface area (Å²) in [5.74, 6) is -1.84. The Morgan fingerprint density at radius 3 is 2.85 bits per heavy atom. The van der Waals surface area contributed by atoms with Gasteiger partial charge in [-0.25, -0.2) is 0 Å². The minimum atomic E-state index is -0.873. The minimum Gasteiger partial charge on any atom is -0.481 e. The first-order valence-corrected chi connectivity index (χ1v) is 6.72. The van der Waals surface area contributed by atoms with Crippen molar-refractivity contribution in [3.63, 3.8) is 0 Å². The second-order valence-corrected chi connectivity index (χ2v) is 5.19. The molecule has 1 amide bonds. The highest BCUT2D eigenvalue weighted by Crippen LogP contribution is 2.38. The van der Waals surface area contributed by atoms with Crippen LogP contribution in [0.1, 0.15) is 12.0 Å². The van der Waals surface area contributed by atoms with Crippen LogP contribution in [0.3, 0.4) is 0 Å². The largest absolute Gasteiger partial charge is 0.481 e. The number of aliphatic carboxylic acids is 1. The van der Waals surface area contributed by atoms with Gasteiger partial charge in [-0.2, -0.15) is 0 Å². The van der Waals surface area contributed by atoms with Gasteiger partial charge in [-0.1, -0.05) is 18.2 Å². The summed E-state index contributed by atoms with van der Waals surface area (Å²) in [5, 5.41) is 12.8. The Morgan fingerprint density at radius 1 is 1.30 bits per heavy atom. The van der Waals surface area contributed by atoms with E-state index in [9.17, 15) is 9.59 Å². The van der Waals surface area contributed by atoms with Crippen LogP contribution >= 0.6 is 0 Å². The first-order chi connectivity index (χ1) is 9.66. The molecular weight excluding hydrogens is 256 g/mol. The zero-order valence-corrected chi connectivity index (χ0v) is 10.9. The molecule has 20 heavy (non-hydrogen) atoms. The summed E-state index contributed by atoms with van der Waals surface area (Å²) in [7, 11) is 0. The molecule has 3 rings (SSSR count). The molecule has 1 aliphatic carbocycles. The van der Waals surface area contributed by atoms with E-state index in [4.69, 9.17) is 5.11 Å². The number of aromatic amines is 1. The second-order valence-electron chi connectivity index (χ2n) is 5.19. The molecule has 5 nitrogen and oxygen atoms in total. The summed E-state index contributed by atoms with van der Waals surface area (Å²) in [5.41, 5.74) is 2.24. The Bertz CT molecular complexity index is 662. The molecule has 1 aliphatic rings. The quantitative estimate of drug-likeness (QED) is 0.772. The number of carboxylic acids is 1. The maximum atomic E-state index is 11.7. The van der Waals surface area contributed by atoms with E-state index >= 15 is 0 Å². The molecule has 3 N–H and O–H groups in total. The van der Waals surface area contributed by atoms with Crippen molar-refractivity contribution in [2.24, 2.45) is 11.8 Å². The predicted octanol–water partition coefficient (Wildman–Crippen LogP) is 1.55. The second kappa shape index (κ2) is 5.00. The highest BCUT2D eigenvalue weighted by Gasteiger charge is 2.48. The summed E-state index contributed by atoms with van der Waals surface area (Å²) >= 11 is 0. The van der Waals surface area contributed by atoms with Crippen molar-refractivity contribution >= 4 is 22.8 Å². The summed E-state index contributed by atoms with van der Waals surface area (Å²) < 4.78 is 0. The average Bonchev–Trinajstić information content (AvgIpc) is 3.15. The third kappa shape index (κ3) is 2.39. The lowest BCUT2D eigenvalue weighted by atomic mass is 10.1. The number of carbonyl (C=O) groups is 2. The van der Waals surface area contributed by atoms with Crippen LogP contribution in [-0.2, 0) is 16.0 Å². The topological polar surface area (TPSA) is 82.2 Å². The molecule has 0 bridgehead atoms. The Balaban J connectivity index is 1.53. The van der Waals surface area contributed by atoms with Gasteiger partial charge in [-0.15, -0.1) is 0 Å².